The molecule has 1 aliphatic rings. The smallest absolute Gasteiger partial charge is 0.251 e. The van der Waals surface area contributed by atoms with Gasteiger partial charge in [0.25, 0.3) is 5.91 Å². The van der Waals surface area contributed by atoms with Gasteiger partial charge in [-0.25, -0.2) is 0 Å². The van der Waals surface area contributed by atoms with E-state index in [4.69, 9.17) is 9.47 Å². The van der Waals surface area contributed by atoms with E-state index >= 15 is 0 Å². The Kier molecular flexibility index (Phi) is 6.21. The van der Waals surface area contributed by atoms with Crippen LogP contribution in [0.4, 0.5) is 0 Å². The molecule has 0 spiro atoms. The van der Waals surface area contributed by atoms with Gasteiger partial charge in [0.15, 0.2) is 0 Å². The maximum atomic E-state index is 12.3. The molecule has 5 heteroatoms. The van der Waals surface area contributed by atoms with E-state index in [-0.39, 0.29) is 5.91 Å². The molecule has 0 aliphatic carbocycles. The molecule has 1 aliphatic heterocycles. The number of carbonyl (C=O) groups excluding carboxylic acids is 1. The van der Waals surface area contributed by atoms with Crippen molar-refractivity contribution in [1.29, 1.82) is 0 Å². The monoisotopic (exact) mass is 306 g/mol. The van der Waals surface area contributed by atoms with Gasteiger partial charge in [0.2, 0.25) is 0 Å². The number of carbonyl (C=O) groups is 1. The molecular weight excluding hydrogens is 280 g/mol. The molecule has 22 heavy (non-hydrogen) atoms. The van der Waals surface area contributed by atoms with Crippen LogP contribution in [0.3, 0.4) is 0 Å². The van der Waals surface area contributed by atoms with Gasteiger partial charge in [-0.2, -0.15) is 0 Å². The molecule has 122 valence electrons. The van der Waals surface area contributed by atoms with Crippen molar-refractivity contribution in [2.24, 2.45) is 5.92 Å². The normalized spacial score (nSPS) is 17.3. The molecule has 1 atom stereocenters. The number of benzene rings is 1. The summed E-state index contributed by atoms with van der Waals surface area (Å²) in [7, 11) is 1.60. The van der Waals surface area contributed by atoms with Crippen molar-refractivity contribution in [2.45, 2.75) is 19.9 Å². The van der Waals surface area contributed by atoms with Crippen molar-refractivity contribution in [1.82, 2.24) is 10.2 Å². The first-order valence-electron chi connectivity index (χ1n) is 7.86. The fraction of sp³-hybridized carbons (Fsp3) is 0.588. The van der Waals surface area contributed by atoms with Gasteiger partial charge in [0.1, 0.15) is 5.75 Å². The minimum absolute atomic E-state index is 0.0576. The van der Waals surface area contributed by atoms with Crippen molar-refractivity contribution in [3.63, 3.8) is 0 Å². The standard InChI is InChI=1S/C17H26N2O3/c1-13(2)16(19-7-9-22-10-8-19)12-18-17(20)14-5-4-6-15(11-14)21-3/h4-6,11,13,16H,7-10,12H2,1-3H3,(H,18,20). The van der Waals surface area contributed by atoms with Crippen LogP contribution in [0, 0.1) is 5.92 Å². The molecule has 1 fully saturated rings. The van der Waals surface area contributed by atoms with Crippen LogP contribution >= 0.6 is 0 Å². The van der Waals surface area contributed by atoms with E-state index in [0.717, 1.165) is 26.3 Å². The van der Waals surface area contributed by atoms with Crippen LogP contribution < -0.4 is 10.1 Å². The largest absolute Gasteiger partial charge is 0.497 e. The average Bonchev–Trinajstić information content (AvgIpc) is 2.55. The summed E-state index contributed by atoms with van der Waals surface area (Å²) in [6.45, 7) is 8.43. The van der Waals surface area contributed by atoms with Gasteiger partial charge in [0, 0.05) is 31.2 Å². The molecule has 0 bridgehead atoms. The van der Waals surface area contributed by atoms with Crippen LogP contribution in [0.5, 0.6) is 5.75 Å². The summed E-state index contributed by atoms with van der Waals surface area (Å²) in [5.41, 5.74) is 0.629. The number of hydrogen-bond acceptors (Lipinski definition) is 4. The van der Waals surface area contributed by atoms with Gasteiger partial charge in [-0.15, -0.1) is 0 Å². The zero-order valence-corrected chi connectivity index (χ0v) is 13.7. The van der Waals surface area contributed by atoms with Crippen LogP contribution in [-0.2, 0) is 4.74 Å². The first-order chi connectivity index (χ1) is 10.6. The maximum absolute atomic E-state index is 12.3. The van der Waals surface area contributed by atoms with Crippen LogP contribution in [0.25, 0.3) is 0 Å². The molecule has 0 aromatic heterocycles. The number of hydrogen-bond donors (Lipinski definition) is 1. The van der Waals surface area contributed by atoms with E-state index in [0.29, 0.717) is 29.8 Å². The highest BCUT2D eigenvalue weighted by molar-refractivity contribution is 5.94. The Labute approximate surface area is 132 Å². The van der Waals surface area contributed by atoms with Crippen molar-refractivity contribution in [3.8, 4) is 5.75 Å². The van der Waals surface area contributed by atoms with E-state index < -0.39 is 0 Å². The molecule has 0 saturated carbocycles. The van der Waals surface area contributed by atoms with E-state index in [1.54, 1.807) is 19.2 Å². The number of rotatable bonds is 6. The van der Waals surface area contributed by atoms with Gasteiger partial charge in [-0.1, -0.05) is 19.9 Å². The number of amides is 1. The fourth-order valence-corrected chi connectivity index (χ4v) is 2.76. The first kappa shape index (κ1) is 16.8. The number of ether oxygens (including phenoxy) is 2. The van der Waals surface area contributed by atoms with Crippen molar-refractivity contribution >= 4 is 5.91 Å². The lowest BCUT2D eigenvalue weighted by Gasteiger charge is -2.36. The Balaban J connectivity index is 1.94. The highest BCUT2D eigenvalue weighted by atomic mass is 16.5. The Hall–Kier alpha value is -1.59. The summed E-state index contributed by atoms with van der Waals surface area (Å²) in [6, 6.07) is 7.56. The third kappa shape index (κ3) is 4.45. The second-order valence-corrected chi connectivity index (χ2v) is 5.90. The van der Waals surface area contributed by atoms with Crippen molar-refractivity contribution in [3.05, 3.63) is 29.8 Å². The van der Waals surface area contributed by atoms with Gasteiger partial charge < -0.3 is 14.8 Å². The zero-order valence-electron chi connectivity index (χ0n) is 13.7. The number of nitrogens with zero attached hydrogens (tertiary/aromatic N) is 1. The van der Waals surface area contributed by atoms with Gasteiger partial charge in [0.05, 0.1) is 20.3 Å². The van der Waals surface area contributed by atoms with E-state index in [1.165, 1.54) is 0 Å². The predicted octanol–water partition coefficient (Wildman–Crippen LogP) is 1.78. The van der Waals surface area contributed by atoms with Gasteiger partial charge >= 0.3 is 0 Å². The quantitative estimate of drug-likeness (QED) is 0.870. The molecule has 0 radical (unpaired) electrons. The molecule has 1 heterocycles. The lowest BCUT2D eigenvalue weighted by Crippen LogP contribution is -2.51. The van der Waals surface area contributed by atoms with Crippen molar-refractivity contribution in [2.75, 3.05) is 40.0 Å². The van der Waals surface area contributed by atoms with Gasteiger partial charge in [-0.05, 0) is 24.1 Å². The Bertz CT molecular complexity index is 485. The highest BCUT2D eigenvalue weighted by Crippen LogP contribution is 2.14. The summed E-state index contributed by atoms with van der Waals surface area (Å²) < 4.78 is 10.6. The fourth-order valence-electron chi connectivity index (χ4n) is 2.76. The summed E-state index contributed by atoms with van der Waals surface area (Å²) in [5.74, 6) is 1.11. The summed E-state index contributed by atoms with van der Waals surface area (Å²) >= 11 is 0. The van der Waals surface area contributed by atoms with Crippen LogP contribution in [0.15, 0.2) is 24.3 Å². The zero-order chi connectivity index (χ0) is 15.9. The van der Waals surface area contributed by atoms with E-state index in [9.17, 15) is 4.79 Å². The van der Waals surface area contributed by atoms with E-state index in [2.05, 4.69) is 24.1 Å². The van der Waals surface area contributed by atoms with Gasteiger partial charge in [-0.3, -0.25) is 9.69 Å². The average molecular weight is 306 g/mol. The second kappa shape index (κ2) is 8.15. The maximum Gasteiger partial charge on any atom is 0.251 e. The summed E-state index contributed by atoms with van der Waals surface area (Å²) in [5, 5.41) is 3.05. The summed E-state index contributed by atoms with van der Waals surface area (Å²) in [6.07, 6.45) is 0. The first-order valence-corrected chi connectivity index (χ1v) is 7.86. The highest BCUT2D eigenvalue weighted by Gasteiger charge is 2.24. The Morgan fingerprint density at radius 3 is 2.73 bits per heavy atom. The van der Waals surface area contributed by atoms with Crippen LogP contribution in [0.2, 0.25) is 0 Å². The number of morpholine rings is 1. The molecule has 1 amide bonds. The molecule has 1 N–H and O–H groups in total. The molecule has 1 aromatic rings. The van der Waals surface area contributed by atoms with Crippen LogP contribution in [-0.4, -0.2) is 56.8 Å². The van der Waals surface area contributed by atoms with E-state index in [1.807, 2.05) is 12.1 Å². The lowest BCUT2D eigenvalue weighted by molar-refractivity contribution is 0.00672. The lowest BCUT2D eigenvalue weighted by atomic mass is 10.0. The topological polar surface area (TPSA) is 50.8 Å². The molecule has 5 nitrogen and oxygen atoms in total. The molecule has 2 rings (SSSR count). The number of methoxy groups -OCH3 is 1. The predicted molar refractivity (Wildman–Crippen MR) is 86.3 cm³/mol. The van der Waals surface area contributed by atoms with Crippen LogP contribution in [0.1, 0.15) is 24.2 Å². The second-order valence-electron chi connectivity index (χ2n) is 5.90. The van der Waals surface area contributed by atoms with Crippen molar-refractivity contribution < 1.29 is 14.3 Å². The Morgan fingerprint density at radius 2 is 2.09 bits per heavy atom. The number of nitrogens with one attached hydrogen (secondary N) is 1. The Morgan fingerprint density at radius 1 is 1.36 bits per heavy atom. The third-order valence-electron chi connectivity index (χ3n) is 4.09. The molecule has 1 aromatic carbocycles. The third-order valence-corrected chi connectivity index (χ3v) is 4.09. The molecular formula is C17H26N2O3. The minimum Gasteiger partial charge on any atom is -0.497 e. The molecule has 1 unspecified atom stereocenters. The minimum atomic E-state index is -0.0576. The summed E-state index contributed by atoms with van der Waals surface area (Å²) in [4.78, 5) is 14.7. The molecule has 1 saturated heterocycles. The SMILES string of the molecule is COc1cccc(C(=O)NCC(C(C)C)N2CCOCC2)c1.